The van der Waals surface area contributed by atoms with Crippen molar-refractivity contribution in [1.29, 1.82) is 0 Å². The number of phenolic OH excluding ortho intramolecular Hbond substituents is 2. The van der Waals surface area contributed by atoms with Crippen LogP contribution in [0, 0.1) is 5.41 Å². The predicted molar refractivity (Wildman–Crippen MR) is 422 cm³/mol. The molecule has 0 bridgehead atoms. The minimum absolute atomic E-state index is 0.0328. The number of hydrogen-bond acceptors (Lipinski definition) is 7. The minimum atomic E-state index is -1.83. The van der Waals surface area contributed by atoms with Crippen molar-refractivity contribution in [3.8, 4) is 39.5 Å². The van der Waals surface area contributed by atoms with Crippen molar-refractivity contribution >= 4 is 29.6 Å². The van der Waals surface area contributed by atoms with Crippen molar-refractivity contribution in [2.45, 2.75) is 83.0 Å². The highest BCUT2D eigenvalue weighted by molar-refractivity contribution is 5.92. The largest absolute Gasteiger partial charge is 0.511 e. The second-order valence-corrected chi connectivity index (χ2v) is 27.1. The molecule has 12 heteroatoms. The molecule has 0 saturated heterocycles. The zero-order valence-corrected chi connectivity index (χ0v) is 60.2. The molecule has 0 amide bonds. The highest BCUT2D eigenvalue weighted by Crippen LogP contribution is 2.71. The molecule has 105 heavy (non-hydrogen) atoms. The van der Waals surface area contributed by atoms with E-state index in [4.69, 9.17) is 35.1 Å². The van der Waals surface area contributed by atoms with Gasteiger partial charge in [-0.15, -0.1) is 0 Å². The zero-order valence-electron chi connectivity index (χ0n) is 60.2. The molecule has 1 atom stereocenters. The van der Waals surface area contributed by atoms with Crippen LogP contribution in [0.3, 0.4) is 0 Å². The Kier molecular flexibility index (Phi) is 26.6. The van der Waals surface area contributed by atoms with Gasteiger partial charge in [-0.2, -0.15) is 0 Å². The number of benzene rings is 12. The van der Waals surface area contributed by atoms with Crippen molar-refractivity contribution < 1.29 is 60.0 Å². The van der Waals surface area contributed by atoms with Crippen LogP contribution in [0.2, 0.25) is 0 Å². The Labute approximate surface area is 615 Å². The molecule has 12 aromatic rings. The summed E-state index contributed by atoms with van der Waals surface area (Å²) >= 11 is 0. The van der Waals surface area contributed by atoms with Gasteiger partial charge < -0.3 is 45.6 Å². The lowest BCUT2D eigenvalue weighted by Gasteiger charge is -2.63. The number of aromatic hydroxyl groups is 2. The summed E-state index contributed by atoms with van der Waals surface area (Å²) in [5.41, 5.74) is 15.3. The van der Waals surface area contributed by atoms with Crippen molar-refractivity contribution in [3.05, 3.63) is 402 Å². The van der Waals surface area contributed by atoms with Crippen LogP contribution in [0.4, 0.5) is 14.4 Å². The highest BCUT2D eigenvalue weighted by atomic mass is 16.7. The number of allylic oxidation sites excluding steroid dienone is 3. The summed E-state index contributed by atoms with van der Waals surface area (Å²) in [7, 11) is 0. The van der Waals surface area contributed by atoms with Gasteiger partial charge in [-0.25, -0.2) is 14.4 Å². The Morgan fingerprint density at radius 3 is 1.04 bits per heavy atom. The van der Waals surface area contributed by atoms with Gasteiger partial charge >= 0.3 is 18.5 Å². The van der Waals surface area contributed by atoms with Crippen LogP contribution in [-0.4, -0.2) is 59.3 Å². The summed E-state index contributed by atoms with van der Waals surface area (Å²) < 4.78 is 4.33. The highest BCUT2D eigenvalue weighted by Gasteiger charge is 2.65. The van der Waals surface area contributed by atoms with Gasteiger partial charge in [-0.3, -0.25) is 0 Å². The number of aliphatic hydroxyl groups excluding tert-OH is 1. The van der Waals surface area contributed by atoms with E-state index in [1.165, 1.54) is 38.9 Å². The van der Waals surface area contributed by atoms with E-state index < -0.39 is 34.7 Å². The predicted octanol–water partition coefficient (Wildman–Crippen LogP) is 23.7. The lowest BCUT2D eigenvalue weighted by Crippen LogP contribution is -2.58. The molecule has 13 rings (SSSR count). The lowest BCUT2D eigenvalue weighted by molar-refractivity contribution is 0.0982. The van der Waals surface area contributed by atoms with Gasteiger partial charge in [0.25, 0.3) is 0 Å². The van der Waals surface area contributed by atoms with Gasteiger partial charge in [-0.1, -0.05) is 365 Å². The van der Waals surface area contributed by atoms with Crippen LogP contribution in [0.5, 0.6) is 17.2 Å². The number of para-hydroxylation sites is 1. The third-order valence-corrected chi connectivity index (χ3v) is 19.5. The number of hydrogen-bond donors (Lipinski definition) is 8. The standard InChI is InChI=1S/C42H40O.C27H24O.C15H16O.C7H6O3.2CH2O3/c1-40(2,34-26-16-8-17-27-34)42(41(3,4)35-28-18-9-19-29-35)36(31-20-10-5-11-21-31)30-37(43)38(32-22-12-6-13-23-32)39(42)33-24-14-7-15-25-33;1-27(2,22-16-10-5-11-17-22)23-18-19-24(28)26(21-14-8-4-9-15-21)25(23)20-12-6-3-7-13-20;1-15(2,12-6-4-3-5-7-12)13-8-10-14(16)11-9-13;8-7(9)10-6-4-2-1-3-5-6;2*2-1(3)4/h5-30,39,43H,1-4H3;3-19,28H,1-2H3;3-11,16H,1-2H3;1-5H,(H,8,9);2*(H2,2,3,4). The molecule has 0 spiro atoms. The Balaban J connectivity index is 0.000000191. The fourth-order valence-corrected chi connectivity index (χ4v) is 14.5. The van der Waals surface area contributed by atoms with Gasteiger partial charge in [0.05, 0.1) is 0 Å². The number of ether oxygens (including phenoxy) is 1. The third kappa shape index (κ3) is 18.9. The molecule has 0 saturated carbocycles. The molecule has 1 unspecified atom stereocenters. The van der Waals surface area contributed by atoms with E-state index in [2.05, 4.69) is 291 Å². The summed E-state index contributed by atoms with van der Waals surface area (Å²) in [6.45, 7) is 18.5. The number of rotatable bonds is 14. The van der Waals surface area contributed by atoms with Gasteiger partial charge in [0, 0.05) is 44.1 Å². The second-order valence-electron chi connectivity index (χ2n) is 27.1. The first-order valence-corrected chi connectivity index (χ1v) is 34.3. The summed E-state index contributed by atoms with van der Waals surface area (Å²) in [6, 6.07) is 115. The van der Waals surface area contributed by atoms with Crippen molar-refractivity contribution in [2.24, 2.45) is 5.41 Å². The summed E-state index contributed by atoms with van der Waals surface area (Å²) in [6.07, 6.45) is -2.88. The van der Waals surface area contributed by atoms with Gasteiger partial charge in [-0.05, 0) is 109 Å². The number of aliphatic hydroxyl groups is 1. The van der Waals surface area contributed by atoms with Crippen molar-refractivity contribution in [2.75, 3.05) is 0 Å². The van der Waals surface area contributed by atoms with Crippen LogP contribution in [0.25, 0.3) is 33.4 Å². The molecular weight excluding hydrogens is 1310 g/mol. The van der Waals surface area contributed by atoms with Crippen LogP contribution in [-0.2, 0) is 21.7 Å². The molecule has 534 valence electrons. The maximum absolute atomic E-state index is 12.2. The minimum Gasteiger partial charge on any atom is -0.508 e. The van der Waals surface area contributed by atoms with E-state index in [0.29, 0.717) is 23.0 Å². The zero-order chi connectivity index (χ0) is 75.8. The first-order chi connectivity index (χ1) is 50.2. The molecule has 1 aliphatic carbocycles. The SMILES string of the molecule is CC(C)(c1ccccc1)C1(C(C)(C)c2ccccc2)C(c2ccccc2)=CC(O)=C(c2ccccc2)C1c1ccccc1.CC(C)(c1ccccc1)c1ccc(O)c(-c2ccccc2)c1-c1ccccc1.CC(C)(c1ccccc1)c1ccc(O)cc1.O=C(O)O.O=C(O)O.O=C(O)Oc1ccccc1. The maximum atomic E-state index is 12.2. The van der Waals surface area contributed by atoms with E-state index >= 15 is 0 Å². The van der Waals surface area contributed by atoms with E-state index in [1.54, 1.807) is 42.5 Å². The quantitative estimate of drug-likeness (QED) is 0.0376. The number of carboxylic acid groups (broad SMARTS) is 5. The molecule has 0 radical (unpaired) electrons. The number of phenols is 2. The van der Waals surface area contributed by atoms with Gasteiger partial charge in [0.15, 0.2) is 0 Å². The third-order valence-electron chi connectivity index (χ3n) is 19.5. The first-order valence-electron chi connectivity index (χ1n) is 34.3. The van der Waals surface area contributed by atoms with Crippen LogP contribution < -0.4 is 4.74 Å². The first kappa shape index (κ1) is 78.1. The Bertz CT molecular complexity index is 4690. The smallest absolute Gasteiger partial charge is 0.508 e. The van der Waals surface area contributed by atoms with Crippen LogP contribution in [0.15, 0.2) is 352 Å². The summed E-state index contributed by atoms with van der Waals surface area (Å²) in [5, 5.41) is 68.4. The van der Waals surface area contributed by atoms with Crippen LogP contribution in [0.1, 0.15) is 111 Å². The topological polar surface area (TPSA) is 222 Å². The average Bonchev–Trinajstić information content (AvgIpc) is 0.675. The van der Waals surface area contributed by atoms with E-state index in [-0.39, 0.29) is 16.7 Å². The van der Waals surface area contributed by atoms with Crippen LogP contribution >= 0.6 is 0 Å². The average molecular weight is 1400 g/mol. The fraction of sp³-hybridized carbons (Fsp3) is 0.151. The molecule has 0 aliphatic heterocycles. The second kappa shape index (κ2) is 35.8. The molecule has 8 N–H and O–H groups in total. The van der Waals surface area contributed by atoms with Gasteiger partial charge in [0.2, 0.25) is 0 Å². The Morgan fingerprint density at radius 1 is 0.333 bits per heavy atom. The summed E-state index contributed by atoms with van der Waals surface area (Å²) in [4.78, 5) is 27.1. The molecule has 0 fully saturated rings. The summed E-state index contributed by atoms with van der Waals surface area (Å²) in [5.74, 6) is 1.09. The fourth-order valence-electron chi connectivity index (χ4n) is 14.5. The van der Waals surface area contributed by atoms with E-state index in [9.17, 15) is 20.1 Å². The molecule has 1 aliphatic rings. The van der Waals surface area contributed by atoms with E-state index in [1.807, 2.05) is 72.8 Å². The Morgan fingerprint density at radius 2 is 0.648 bits per heavy atom. The van der Waals surface area contributed by atoms with E-state index in [0.717, 1.165) is 44.5 Å². The molecule has 0 aromatic heterocycles. The molecular formula is C93H90O12. The van der Waals surface area contributed by atoms with Crippen molar-refractivity contribution in [3.63, 3.8) is 0 Å². The monoisotopic (exact) mass is 1400 g/mol. The Hall–Kier alpha value is -12.7. The number of carbonyl (C=O) groups is 3. The molecule has 12 nitrogen and oxygen atoms in total. The normalized spacial score (nSPS) is 13.0. The lowest BCUT2D eigenvalue weighted by atomic mass is 9.39. The van der Waals surface area contributed by atoms with Gasteiger partial charge in [0.1, 0.15) is 23.0 Å². The van der Waals surface area contributed by atoms with Crippen molar-refractivity contribution in [1.82, 2.24) is 0 Å². The maximum Gasteiger partial charge on any atom is 0.511 e. The molecule has 12 aromatic carbocycles. The molecule has 0 heterocycles.